The van der Waals surface area contributed by atoms with Crippen LogP contribution in [0.15, 0.2) is 12.2 Å². The van der Waals surface area contributed by atoms with Gasteiger partial charge >= 0.3 is 0 Å². The van der Waals surface area contributed by atoms with Gasteiger partial charge in [-0.05, 0) is 18.9 Å². The molecule has 0 heterocycles. The molecule has 0 rings (SSSR count). The number of hydrogen-bond acceptors (Lipinski definition) is 1. The SMILES string of the molecule is CCCCCCCCCCCCCCCCCCCC=CC(N)=O. The summed E-state index contributed by atoms with van der Waals surface area (Å²) in [7, 11) is 0. The second-order valence-corrected chi connectivity index (χ2v) is 7.25. The van der Waals surface area contributed by atoms with E-state index in [0.717, 1.165) is 6.42 Å². The van der Waals surface area contributed by atoms with Crippen molar-refractivity contribution < 1.29 is 4.79 Å². The maximum atomic E-state index is 10.5. The molecule has 0 saturated carbocycles. The second-order valence-electron chi connectivity index (χ2n) is 7.25. The number of hydrogen-bond donors (Lipinski definition) is 1. The predicted molar refractivity (Wildman–Crippen MR) is 107 cm³/mol. The van der Waals surface area contributed by atoms with Crippen LogP contribution in [0.2, 0.25) is 0 Å². The van der Waals surface area contributed by atoms with E-state index in [1.54, 1.807) is 0 Å². The van der Waals surface area contributed by atoms with Gasteiger partial charge in [-0.3, -0.25) is 4.79 Å². The monoisotopic (exact) mass is 337 g/mol. The third-order valence-electron chi connectivity index (χ3n) is 4.76. The van der Waals surface area contributed by atoms with Gasteiger partial charge in [0.15, 0.2) is 0 Å². The van der Waals surface area contributed by atoms with Gasteiger partial charge in [-0.25, -0.2) is 0 Å². The summed E-state index contributed by atoms with van der Waals surface area (Å²) in [5, 5.41) is 0. The summed E-state index contributed by atoms with van der Waals surface area (Å²) in [4.78, 5) is 10.5. The van der Waals surface area contributed by atoms with Crippen LogP contribution in [0, 0.1) is 0 Å². The van der Waals surface area contributed by atoms with E-state index in [2.05, 4.69) is 6.92 Å². The highest BCUT2D eigenvalue weighted by molar-refractivity contribution is 5.85. The average molecular weight is 338 g/mol. The highest BCUT2D eigenvalue weighted by Crippen LogP contribution is 2.14. The molecule has 0 bridgehead atoms. The van der Waals surface area contributed by atoms with Crippen molar-refractivity contribution in [3.63, 3.8) is 0 Å². The summed E-state index contributed by atoms with van der Waals surface area (Å²) in [5.74, 6) is -0.332. The number of allylic oxidation sites excluding steroid dienone is 1. The van der Waals surface area contributed by atoms with Gasteiger partial charge in [0.25, 0.3) is 0 Å². The second kappa shape index (κ2) is 20.3. The van der Waals surface area contributed by atoms with Crippen molar-refractivity contribution in [2.45, 2.75) is 122 Å². The molecule has 0 fully saturated rings. The van der Waals surface area contributed by atoms with Crippen LogP contribution < -0.4 is 5.73 Å². The molecule has 0 spiro atoms. The van der Waals surface area contributed by atoms with Crippen molar-refractivity contribution in [3.05, 3.63) is 12.2 Å². The molecule has 2 N–H and O–H groups in total. The summed E-state index contributed by atoms with van der Waals surface area (Å²) in [6.07, 6.45) is 28.2. The molecular weight excluding hydrogens is 294 g/mol. The first kappa shape index (κ1) is 23.2. The van der Waals surface area contributed by atoms with Crippen LogP contribution in [0.1, 0.15) is 122 Å². The van der Waals surface area contributed by atoms with Gasteiger partial charge in [0.2, 0.25) is 5.91 Å². The van der Waals surface area contributed by atoms with Crippen molar-refractivity contribution in [2.24, 2.45) is 5.73 Å². The molecular formula is C22H43NO. The zero-order valence-electron chi connectivity index (χ0n) is 16.4. The van der Waals surface area contributed by atoms with E-state index >= 15 is 0 Å². The standard InChI is InChI=1S/C22H43NO/c1-2-3-4-5-6-7-8-9-10-11-12-13-14-15-16-17-18-19-20-21-22(23)24/h20-21H,2-19H2,1H3,(H2,23,24). The summed E-state index contributed by atoms with van der Waals surface area (Å²) in [6.45, 7) is 2.28. The third kappa shape index (κ3) is 21.2. The molecule has 0 atom stereocenters. The minimum Gasteiger partial charge on any atom is -0.366 e. The zero-order valence-corrected chi connectivity index (χ0v) is 16.4. The lowest BCUT2D eigenvalue weighted by atomic mass is 10.0. The van der Waals surface area contributed by atoms with Gasteiger partial charge in [-0.2, -0.15) is 0 Å². The Bertz CT molecular complexity index is 286. The number of primary amides is 1. The minimum absolute atomic E-state index is 0.332. The Hall–Kier alpha value is -0.790. The van der Waals surface area contributed by atoms with Crippen LogP contribution in [0.25, 0.3) is 0 Å². The summed E-state index contributed by atoms with van der Waals surface area (Å²) in [6, 6.07) is 0. The van der Waals surface area contributed by atoms with Crippen molar-refractivity contribution >= 4 is 5.91 Å². The minimum atomic E-state index is -0.332. The van der Waals surface area contributed by atoms with Gasteiger partial charge in [0.05, 0.1) is 0 Å². The lowest BCUT2D eigenvalue weighted by molar-refractivity contribution is -0.113. The van der Waals surface area contributed by atoms with Crippen LogP contribution in [0.3, 0.4) is 0 Å². The number of carbonyl (C=O) groups excluding carboxylic acids is 1. The Morgan fingerprint density at radius 3 is 1.29 bits per heavy atom. The number of amides is 1. The number of unbranched alkanes of at least 4 members (excludes halogenated alkanes) is 17. The first-order valence-corrected chi connectivity index (χ1v) is 10.7. The molecule has 2 nitrogen and oxygen atoms in total. The van der Waals surface area contributed by atoms with Gasteiger partial charge in [-0.15, -0.1) is 0 Å². The Morgan fingerprint density at radius 2 is 0.958 bits per heavy atom. The first-order chi connectivity index (χ1) is 11.8. The normalized spacial score (nSPS) is 11.4. The largest absolute Gasteiger partial charge is 0.366 e. The van der Waals surface area contributed by atoms with Crippen LogP contribution in [-0.2, 0) is 4.79 Å². The van der Waals surface area contributed by atoms with E-state index in [-0.39, 0.29) is 5.91 Å². The van der Waals surface area contributed by atoms with Crippen LogP contribution in [-0.4, -0.2) is 5.91 Å². The van der Waals surface area contributed by atoms with Gasteiger partial charge in [0.1, 0.15) is 0 Å². The fourth-order valence-electron chi connectivity index (χ4n) is 3.19. The summed E-state index contributed by atoms with van der Waals surface area (Å²) < 4.78 is 0. The van der Waals surface area contributed by atoms with Crippen molar-refractivity contribution in [1.29, 1.82) is 0 Å². The lowest BCUT2D eigenvalue weighted by Gasteiger charge is -2.03. The van der Waals surface area contributed by atoms with Crippen LogP contribution in [0.5, 0.6) is 0 Å². The Morgan fingerprint density at radius 1 is 0.625 bits per heavy atom. The fraction of sp³-hybridized carbons (Fsp3) is 0.864. The van der Waals surface area contributed by atoms with E-state index < -0.39 is 0 Å². The maximum Gasteiger partial charge on any atom is 0.241 e. The Kier molecular flexibility index (Phi) is 19.6. The number of nitrogens with two attached hydrogens (primary N) is 1. The quantitative estimate of drug-likeness (QED) is 0.199. The molecule has 0 aliphatic rings. The lowest BCUT2D eigenvalue weighted by Crippen LogP contribution is -2.05. The summed E-state index contributed by atoms with van der Waals surface area (Å²) in [5.41, 5.74) is 5.04. The van der Waals surface area contributed by atoms with Crippen molar-refractivity contribution in [3.8, 4) is 0 Å². The molecule has 24 heavy (non-hydrogen) atoms. The molecule has 0 unspecified atom stereocenters. The van der Waals surface area contributed by atoms with E-state index in [1.807, 2.05) is 6.08 Å². The molecule has 2 heteroatoms. The molecule has 0 aliphatic heterocycles. The van der Waals surface area contributed by atoms with Crippen LogP contribution in [0.4, 0.5) is 0 Å². The van der Waals surface area contributed by atoms with Gasteiger partial charge in [-0.1, -0.05) is 116 Å². The van der Waals surface area contributed by atoms with Gasteiger partial charge < -0.3 is 5.73 Å². The van der Waals surface area contributed by atoms with E-state index in [4.69, 9.17) is 5.73 Å². The smallest absolute Gasteiger partial charge is 0.241 e. The molecule has 1 amide bonds. The molecule has 0 aliphatic carbocycles. The molecule has 142 valence electrons. The Labute approximate surface area is 151 Å². The van der Waals surface area contributed by atoms with Crippen molar-refractivity contribution in [1.82, 2.24) is 0 Å². The van der Waals surface area contributed by atoms with E-state index in [9.17, 15) is 4.79 Å². The third-order valence-corrected chi connectivity index (χ3v) is 4.76. The molecule has 0 saturated heterocycles. The molecule has 0 aromatic heterocycles. The molecule has 0 radical (unpaired) electrons. The van der Waals surface area contributed by atoms with E-state index in [1.165, 1.54) is 115 Å². The topological polar surface area (TPSA) is 43.1 Å². The first-order valence-electron chi connectivity index (χ1n) is 10.7. The fourth-order valence-corrected chi connectivity index (χ4v) is 3.19. The van der Waals surface area contributed by atoms with Crippen LogP contribution >= 0.6 is 0 Å². The highest BCUT2D eigenvalue weighted by atomic mass is 16.1. The average Bonchev–Trinajstić information content (AvgIpc) is 2.56. The number of carbonyl (C=O) groups is 1. The van der Waals surface area contributed by atoms with E-state index in [0.29, 0.717) is 0 Å². The molecule has 0 aromatic carbocycles. The Balaban J connectivity index is 3.01. The molecule has 0 aromatic rings. The predicted octanol–water partition coefficient (Wildman–Crippen LogP) is 7.07. The van der Waals surface area contributed by atoms with Gasteiger partial charge in [0, 0.05) is 0 Å². The number of rotatable bonds is 19. The highest BCUT2D eigenvalue weighted by Gasteiger charge is 1.94. The zero-order chi connectivity index (χ0) is 17.7. The van der Waals surface area contributed by atoms with Crippen molar-refractivity contribution in [2.75, 3.05) is 0 Å². The summed E-state index contributed by atoms with van der Waals surface area (Å²) >= 11 is 0. The maximum absolute atomic E-state index is 10.5.